The van der Waals surface area contributed by atoms with Gasteiger partial charge >= 0.3 is 0 Å². The largest absolute Gasteiger partial charge is 0.0888 e. The van der Waals surface area contributed by atoms with Gasteiger partial charge in [0.2, 0.25) is 0 Å². The van der Waals surface area contributed by atoms with E-state index >= 15 is 0 Å². The van der Waals surface area contributed by atoms with E-state index in [2.05, 4.69) is 182 Å². The van der Waals surface area contributed by atoms with E-state index in [-0.39, 0.29) is 0 Å². The molecule has 0 amide bonds. The Kier molecular flexibility index (Phi) is 5.73. The fourth-order valence-electron chi connectivity index (χ4n) is 9.81. The molecule has 0 fully saturated rings. The fourth-order valence-corrected chi connectivity index (χ4v) is 10.9. The molecule has 1 aliphatic heterocycles. The van der Waals surface area contributed by atoms with E-state index < -0.39 is 5.41 Å². The Bertz CT molecular complexity index is 2990. The van der Waals surface area contributed by atoms with E-state index in [0.717, 1.165) is 0 Å². The van der Waals surface area contributed by atoms with Gasteiger partial charge < -0.3 is 0 Å². The summed E-state index contributed by atoms with van der Waals surface area (Å²) in [5.41, 5.74) is 17.9. The van der Waals surface area contributed by atoms with Crippen molar-refractivity contribution in [2.24, 2.45) is 0 Å². The van der Waals surface area contributed by atoms with E-state index in [1.54, 1.807) is 0 Å². The summed E-state index contributed by atoms with van der Waals surface area (Å²) in [6.07, 6.45) is 0. The molecule has 0 aromatic heterocycles. The second kappa shape index (κ2) is 10.4. The lowest BCUT2D eigenvalue weighted by atomic mass is 9.61. The highest BCUT2D eigenvalue weighted by atomic mass is 32.2. The summed E-state index contributed by atoms with van der Waals surface area (Å²) in [5, 5.41) is 5.32. The van der Waals surface area contributed by atoms with Crippen molar-refractivity contribution < 1.29 is 0 Å². The molecular weight excluding hydrogens is 645 g/mol. The molecule has 9 aromatic rings. The lowest BCUT2D eigenvalue weighted by Gasteiger charge is -2.40. The molecule has 240 valence electrons. The minimum absolute atomic E-state index is 0.434. The summed E-state index contributed by atoms with van der Waals surface area (Å²) in [6.45, 7) is 0. The van der Waals surface area contributed by atoms with Crippen molar-refractivity contribution in [3.63, 3.8) is 0 Å². The predicted molar refractivity (Wildman–Crippen MR) is 218 cm³/mol. The molecule has 0 saturated carbocycles. The van der Waals surface area contributed by atoms with Crippen molar-refractivity contribution in [3.05, 3.63) is 204 Å². The third-order valence-electron chi connectivity index (χ3n) is 11.9. The molecule has 1 heteroatoms. The molecule has 12 rings (SSSR count). The Balaban J connectivity index is 1.10. The standard InChI is InChI=1S/C51H30S/c1-2-16-36(35(15-1)33-26-28-47-42(29-33)41-20-8-12-32-14-10-24-48(52-47)50(32)41)34-25-27-39-37-17-3-5-21-43(37)51(46(39)30-34)44-22-6-4-18-38(44)40-19-7-11-31-13-9-23-45(51)49(31)40/h1-30H. The SMILES string of the molecule is c1ccc(-c2ccc3c(c2)C2(c4ccccc4-3)c3ccccc3-c3cccc4cccc2c34)c(-c2ccc3c(c2)-c2cccc4cccc(c24)S3)c1. The van der Waals surface area contributed by atoms with Gasteiger partial charge in [-0.2, -0.15) is 0 Å². The highest BCUT2D eigenvalue weighted by Gasteiger charge is 2.50. The predicted octanol–water partition coefficient (Wildman–Crippen LogP) is 13.8. The van der Waals surface area contributed by atoms with Crippen LogP contribution in [0.4, 0.5) is 0 Å². The van der Waals surface area contributed by atoms with Crippen LogP contribution >= 0.6 is 11.8 Å². The Morgan fingerprint density at radius 2 is 0.788 bits per heavy atom. The zero-order valence-electron chi connectivity index (χ0n) is 28.2. The Labute approximate surface area is 307 Å². The average Bonchev–Trinajstić information content (AvgIpc) is 3.50. The van der Waals surface area contributed by atoms with E-state index in [9.17, 15) is 0 Å². The van der Waals surface area contributed by atoms with Crippen LogP contribution in [0, 0.1) is 0 Å². The molecule has 0 nitrogen and oxygen atoms in total. The molecule has 0 saturated heterocycles. The van der Waals surface area contributed by atoms with Crippen molar-refractivity contribution in [1.29, 1.82) is 0 Å². The third kappa shape index (κ3) is 3.63. The minimum atomic E-state index is -0.434. The smallest absolute Gasteiger partial charge is 0.0725 e. The summed E-state index contributed by atoms with van der Waals surface area (Å²) in [4.78, 5) is 2.65. The molecule has 3 aliphatic rings. The van der Waals surface area contributed by atoms with Crippen LogP contribution in [0.3, 0.4) is 0 Å². The van der Waals surface area contributed by atoms with Gasteiger partial charge in [0.1, 0.15) is 0 Å². The average molecular weight is 675 g/mol. The molecule has 0 bridgehead atoms. The van der Waals surface area contributed by atoms with Gasteiger partial charge in [-0.15, -0.1) is 0 Å². The monoisotopic (exact) mass is 674 g/mol. The number of hydrogen-bond donors (Lipinski definition) is 0. The Morgan fingerprint density at radius 1 is 0.288 bits per heavy atom. The van der Waals surface area contributed by atoms with Gasteiger partial charge in [-0.1, -0.05) is 169 Å². The van der Waals surface area contributed by atoms with E-state index in [4.69, 9.17) is 0 Å². The Morgan fingerprint density at radius 3 is 1.52 bits per heavy atom. The van der Waals surface area contributed by atoms with E-state index in [0.29, 0.717) is 0 Å². The van der Waals surface area contributed by atoms with E-state index in [1.165, 1.54) is 109 Å². The summed E-state index contributed by atoms with van der Waals surface area (Å²) in [5.74, 6) is 0. The zero-order chi connectivity index (χ0) is 34.0. The van der Waals surface area contributed by atoms with Gasteiger partial charge in [0.25, 0.3) is 0 Å². The summed E-state index contributed by atoms with van der Waals surface area (Å²) < 4.78 is 0. The minimum Gasteiger partial charge on any atom is -0.0888 e. The maximum Gasteiger partial charge on any atom is 0.0725 e. The van der Waals surface area contributed by atoms with Crippen molar-refractivity contribution in [2.75, 3.05) is 0 Å². The molecule has 52 heavy (non-hydrogen) atoms. The fraction of sp³-hybridized carbons (Fsp3) is 0.0196. The van der Waals surface area contributed by atoms with Crippen LogP contribution in [-0.4, -0.2) is 0 Å². The van der Waals surface area contributed by atoms with Gasteiger partial charge in [0.15, 0.2) is 0 Å². The molecule has 2 aliphatic carbocycles. The summed E-state index contributed by atoms with van der Waals surface area (Å²) >= 11 is 1.89. The van der Waals surface area contributed by atoms with E-state index in [1.807, 2.05) is 11.8 Å². The highest BCUT2D eigenvalue weighted by molar-refractivity contribution is 7.99. The number of hydrogen-bond acceptors (Lipinski definition) is 1. The van der Waals surface area contributed by atoms with Crippen LogP contribution in [0.1, 0.15) is 22.3 Å². The molecule has 1 heterocycles. The lowest BCUT2D eigenvalue weighted by Crippen LogP contribution is -2.31. The second-order valence-electron chi connectivity index (χ2n) is 14.3. The first-order chi connectivity index (χ1) is 25.8. The van der Waals surface area contributed by atoms with Crippen LogP contribution < -0.4 is 0 Å². The normalized spacial score (nSPS) is 15.7. The second-order valence-corrected chi connectivity index (χ2v) is 15.4. The maximum absolute atomic E-state index is 2.52. The number of fused-ring (bicyclic) bond motifs is 11. The molecule has 1 spiro atoms. The lowest BCUT2D eigenvalue weighted by molar-refractivity contribution is 0.774. The quantitative estimate of drug-likeness (QED) is 0.176. The molecule has 0 N–H and O–H groups in total. The van der Waals surface area contributed by atoms with Crippen molar-refractivity contribution in [3.8, 4) is 55.6 Å². The topological polar surface area (TPSA) is 0 Å². The van der Waals surface area contributed by atoms with Gasteiger partial charge in [-0.25, -0.2) is 0 Å². The van der Waals surface area contributed by atoms with Crippen molar-refractivity contribution in [1.82, 2.24) is 0 Å². The summed E-state index contributed by atoms with van der Waals surface area (Å²) in [6, 6.07) is 68.6. The first kappa shape index (κ1) is 28.5. The van der Waals surface area contributed by atoms with Crippen LogP contribution in [0.15, 0.2) is 192 Å². The molecule has 1 unspecified atom stereocenters. The zero-order valence-corrected chi connectivity index (χ0v) is 29.0. The maximum atomic E-state index is 2.52. The summed E-state index contributed by atoms with van der Waals surface area (Å²) in [7, 11) is 0. The van der Waals surface area contributed by atoms with Crippen molar-refractivity contribution >= 4 is 33.3 Å². The van der Waals surface area contributed by atoms with Crippen LogP contribution in [0.5, 0.6) is 0 Å². The molecule has 0 radical (unpaired) electrons. The number of rotatable bonds is 2. The third-order valence-corrected chi connectivity index (χ3v) is 13.0. The Hall–Kier alpha value is -6.15. The van der Waals surface area contributed by atoms with Gasteiger partial charge in [0.05, 0.1) is 5.41 Å². The van der Waals surface area contributed by atoms with Crippen LogP contribution in [0.25, 0.3) is 77.2 Å². The molecule has 1 atom stereocenters. The highest BCUT2D eigenvalue weighted by Crippen LogP contribution is 2.62. The number of benzene rings is 9. The first-order valence-electron chi connectivity index (χ1n) is 18.1. The molecular formula is C51H30S. The van der Waals surface area contributed by atoms with Crippen LogP contribution in [-0.2, 0) is 5.41 Å². The molecule has 9 aromatic carbocycles. The van der Waals surface area contributed by atoms with Crippen molar-refractivity contribution in [2.45, 2.75) is 15.2 Å². The van der Waals surface area contributed by atoms with Gasteiger partial charge in [0, 0.05) is 15.2 Å². The van der Waals surface area contributed by atoms with Gasteiger partial charge in [-0.05, 0) is 118 Å². The van der Waals surface area contributed by atoms with Gasteiger partial charge in [-0.3, -0.25) is 0 Å². The van der Waals surface area contributed by atoms with Crippen LogP contribution in [0.2, 0.25) is 0 Å². The first-order valence-corrected chi connectivity index (χ1v) is 18.9.